The maximum absolute atomic E-state index is 11.9. The van der Waals surface area contributed by atoms with E-state index in [2.05, 4.69) is 71.2 Å². The van der Waals surface area contributed by atoms with E-state index < -0.39 is 0 Å². The molecule has 0 unspecified atom stereocenters. The van der Waals surface area contributed by atoms with Crippen molar-refractivity contribution >= 4 is 0 Å². The number of aromatic amines is 1. The number of aromatic nitrogens is 2. The van der Waals surface area contributed by atoms with Crippen LogP contribution in [0.3, 0.4) is 0 Å². The Morgan fingerprint density at radius 2 is 1.63 bits per heavy atom. The zero-order valence-electron chi connectivity index (χ0n) is 17.1. The van der Waals surface area contributed by atoms with Gasteiger partial charge in [0.2, 0.25) is 0 Å². The van der Waals surface area contributed by atoms with Crippen LogP contribution in [-0.2, 0) is 12.0 Å². The summed E-state index contributed by atoms with van der Waals surface area (Å²) in [6.07, 6.45) is 0. The Balaban J connectivity index is 2.10. The Kier molecular flexibility index (Phi) is 4.87. The maximum atomic E-state index is 11.9. The van der Waals surface area contributed by atoms with Gasteiger partial charge < -0.3 is 14.6 Å². The van der Waals surface area contributed by atoms with Crippen molar-refractivity contribution in [2.45, 2.75) is 32.7 Å². The molecule has 0 amide bonds. The number of quaternary nitrogens is 1. The fourth-order valence-electron chi connectivity index (χ4n) is 3.14. The van der Waals surface area contributed by atoms with Crippen LogP contribution in [0.5, 0.6) is 5.75 Å². The zero-order valence-corrected chi connectivity index (χ0v) is 17.1. The summed E-state index contributed by atoms with van der Waals surface area (Å²) >= 11 is 0. The average Bonchev–Trinajstić information content (AvgIpc) is 2.96. The topological polar surface area (TPSA) is 51.7 Å². The molecular weight excluding hydrogens is 334 g/mol. The third kappa shape index (κ3) is 4.58. The molecule has 0 aliphatic heterocycles. The van der Waals surface area contributed by atoms with E-state index >= 15 is 0 Å². The Bertz CT molecular complexity index is 925. The van der Waals surface area contributed by atoms with Crippen molar-refractivity contribution in [3.8, 4) is 28.3 Å². The Morgan fingerprint density at radius 3 is 2.19 bits per heavy atom. The molecule has 3 aromatic rings. The van der Waals surface area contributed by atoms with Crippen LogP contribution in [0, 0.1) is 0 Å². The Morgan fingerprint density at radius 1 is 0.963 bits per heavy atom. The van der Waals surface area contributed by atoms with E-state index in [1.807, 2.05) is 6.07 Å². The molecule has 4 heteroatoms. The average molecular weight is 364 g/mol. The van der Waals surface area contributed by atoms with Gasteiger partial charge in [-0.2, -0.15) is 0 Å². The molecule has 2 aromatic carbocycles. The third-order valence-electron chi connectivity index (χ3n) is 4.52. The lowest BCUT2D eigenvalue weighted by Gasteiger charge is -2.22. The summed E-state index contributed by atoms with van der Waals surface area (Å²) in [5.74, 6) is 0.918. The molecule has 27 heavy (non-hydrogen) atoms. The number of nitrogens with one attached hydrogen (secondary N) is 1. The van der Waals surface area contributed by atoms with E-state index in [4.69, 9.17) is 4.98 Å². The molecule has 1 heterocycles. The highest BCUT2D eigenvalue weighted by Gasteiger charge is 2.19. The highest BCUT2D eigenvalue weighted by atomic mass is 16.3. The van der Waals surface area contributed by atoms with Gasteiger partial charge >= 0.3 is 0 Å². The van der Waals surface area contributed by atoms with E-state index in [1.54, 1.807) is 18.2 Å². The van der Waals surface area contributed by atoms with Crippen molar-refractivity contribution in [3.63, 3.8) is 0 Å². The van der Waals surface area contributed by atoms with Gasteiger partial charge in [0.15, 0.2) is 5.82 Å². The van der Waals surface area contributed by atoms with Crippen molar-refractivity contribution in [2.24, 2.45) is 0 Å². The van der Waals surface area contributed by atoms with Gasteiger partial charge in [-0.1, -0.05) is 69.3 Å². The van der Waals surface area contributed by atoms with Crippen LogP contribution < -0.4 is 5.11 Å². The largest absolute Gasteiger partial charge is 0.872 e. The Hall–Kier alpha value is -2.59. The molecule has 0 saturated carbocycles. The monoisotopic (exact) mass is 363 g/mol. The Labute approximate surface area is 162 Å². The molecule has 0 fully saturated rings. The van der Waals surface area contributed by atoms with E-state index in [0.29, 0.717) is 0 Å². The molecule has 1 aromatic heterocycles. The highest BCUT2D eigenvalue weighted by molar-refractivity contribution is 5.79. The summed E-state index contributed by atoms with van der Waals surface area (Å²) in [5, 5.41) is 11.9. The molecule has 4 nitrogen and oxygen atoms in total. The molecule has 0 spiro atoms. The number of H-pyrrole nitrogens is 1. The number of rotatable bonds is 4. The van der Waals surface area contributed by atoms with Crippen LogP contribution in [0.2, 0.25) is 0 Å². The number of hydrogen-bond acceptors (Lipinski definition) is 2. The first kappa shape index (κ1) is 19.2. The summed E-state index contributed by atoms with van der Waals surface area (Å²) in [4.78, 5) is 8.35. The number of imidazole rings is 1. The highest BCUT2D eigenvalue weighted by Crippen LogP contribution is 2.33. The van der Waals surface area contributed by atoms with Gasteiger partial charge in [0, 0.05) is 11.1 Å². The second-order valence-corrected chi connectivity index (χ2v) is 9.21. The van der Waals surface area contributed by atoms with Crippen LogP contribution in [0.1, 0.15) is 32.2 Å². The SMILES string of the molecule is CC(C)(C)c1ccc(-c2[nH]c(C[N+](C)(C)C)nc2-c2cccc([O-])c2)cc1. The quantitative estimate of drug-likeness (QED) is 0.702. The molecule has 0 saturated heterocycles. The second kappa shape index (κ2) is 6.86. The summed E-state index contributed by atoms with van der Waals surface area (Å²) < 4.78 is 0.775. The molecule has 0 atom stereocenters. The summed E-state index contributed by atoms with van der Waals surface area (Å²) in [6, 6.07) is 15.6. The van der Waals surface area contributed by atoms with Crippen LogP contribution in [0.15, 0.2) is 48.5 Å². The molecule has 3 rings (SSSR count). The van der Waals surface area contributed by atoms with Gasteiger partial charge in [-0.25, -0.2) is 4.98 Å². The standard InChI is InChI=1S/C23H29N3O/c1-23(2,3)18-12-10-16(11-13-18)21-22(17-8-7-9-19(27)14-17)25-20(24-21)15-26(4,5)6/h7-14H,15H2,1-6H3,(H-,24,25,27). The first-order valence-corrected chi connectivity index (χ1v) is 9.31. The first-order chi connectivity index (χ1) is 12.5. The maximum Gasteiger partial charge on any atom is 0.162 e. The van der Waals surface area contributed by atoms with E-state index in [9.17, 15) is 5.11 Å². The van der Waals surface area contributed by atoms with Crippen LogP contribution in [-0.4, -0.2) is 35.6 Å². The lowest BCUT2D eigenvalue weighted by molar-refractivity contribution is -0.884. The molecule has 0 aliphatic carbocycles. The summed E-state index contributed by atoms with van der Waals surface area (Å²) in [5.41, 5.74) is 5.13. The number of benzene rings is 2. The predicted octanol–water partition coefficient (Wildman–Crippen LogP) is 4.32. The van der Waals surface area contributed by atoms with E-state index in [0.717, 1.165) is 39.4 Å². The van der Waals surface area contributed by atoms with Crippen molar-refractivity contribution in [1.29, 1.82) is 0 Å². The minimum atomic E-state index is -0.00215. The van der Waals surface area contributed by atoms with Crippen molar-refractivity contribution < 1.29 is 9.59 Å². The van der Waals surface area contributed by atoms with Crippen LogP contribution >= 0.6 is 0 Å². The van der Waals surface area contributed by atoms with Gasteiger partial charge in [-0.15, -0.1) is 5.75 Å². The van der Waals surface area contributed by atoms with Crippen LogP contribution in [0.4, 0.5) is 0 Å². The minimum Gasteiger partial charge on any atom is -0.872 e. The van der Waals surface area contributed by atoms with Gasteiger partial charge in [0.25, 0.3) is 0 Å². The van der Waals surface area contributed by atoms with Crippen LogP contribution in [0.25, 0.3) is 22.5 Å². The minimum absolute atomic E-state index is 0.00215. The smallest absolute Gasteiger partial charge is 0.162 e. The molecular formula is C23H29N3O. The third-order valence-corrected chi connectivity index (χ3v) is 4.52. The summed E-state index contributed by atoms with van der Waals surface area (Å²) in [7, 11) is 6.41. The van der Waals surface area contributed by atoms with Gasteiger partial charge in [-0.3, -0.25) is 0 Å². The molecule has 1 N–H and O–H groups in total. The van der Waals surface area contributed by atoms with E-state index in [-0.39, 0.29) is 11.2 Å². The predicted molar refractivity (Wildman–Crippen MR) is 109 cm³/mol. The van der Waals surface area contributed by atoms with E-state index in [1.165, 1.54) is 5.56 Å². The molecule has 142 valence electrons. The first-order valence-electron chi connectivity index (χ1n) is 9.31. The van der Waals surface area contributed by atoms with Gasteiger partial charge in [-0.05, 0) is 11.0 Å². The fourth-order valence-corrected chi connectivity index (χ4v) is 3.14. The lowest BCUT2D eigenvalue weighted by Crippen LogP contribution is -2.33. The van der Waals surface area contributed by atoms with Crippen molar-refractivity contribution in [2.75, 3.05) is 21.1 Å². The fraction of sp³-hybridized carbons (Fsp3) is 0.348. The lowest BCUT2D eigenvalue weighted by atomic mass is 9.86. The second-order valence-electron chi connectivity index (χ2n) is 9.21. The molecule has 0 aliphatic rings. The molecule has 0 radical (unpaired) electrons. The van der Waals surface area contributed by atoms with Crippen molar-refractivity contribution in [1.82, 2.24) is 9.97 Å². The number of hydrogen-bond donors (Lipinski definition) is 1. The summed E-state index contributed by atoms with van der Waals surface area (Å²) in [6.45, 7) is 7.42. The van der Waals surface area contributed by atoms with Gasteiger partial charge in [0.1, 0.15) is 6.54 Å². The molecule has 0 bridgehead atoms. The normalized spacial score (nSPS) is 12.4. The number of nitrogens with zero attached hydrogens (tertiary/aromatic N) is 2. The van der Waals surface area contributed by atoms with Crippen molar-refractivity contribution in [3.05, 3.63) is 59.9 Å². The zero-order chi connectivity index (χ0) is 19.8. The van der Waals surface area contributed by atoms with Gasteiger partial charge in [0.05, 0.1) is 32.5 Å².